The van der Waals surface area contributed by atoms with Crippen molar-refractivity contribution in [2.75, 3.05) is 32.1 Å². The fourth-order valence-corrected chi connectivity index (χ4v) is 3.57. The summed E-state index contributed by atoms with van der Waals surface area (Å²) in [6.07, 6.45) is 2.55. The average Bonchev–Trinajstić information content (AvgIpc) is 2.98. The number of likely N-dealkylation sites (N-methyl/N-ethyl adjacent to an activating group) is 1. The minimum Gasteiger partial charge on any atom is -0.347 e. The highest BCUT2D eigenvalue weighted by atomic mass is 32.1. The summed E-state index contributed by atoms with van der Waals surface area (Å²) in [5, 5.41) is 3.33. The minimum absolute atomic E-state index is 0.646. The first-order valence-electron chi connectivity index (χ1n) is 7.16. The van der Waals surface area contributed by atoms with Crippen LogP contribution in [0.2, 0.25) is 0 Å². The van der Waals surface area contributed by atoms with Crippen molar-refractivity contribution in [3.05, 3.63) is 35.7 Å². The zero-order valence-corrected chi connectivity index (χ0v) is 12.9. The minimum atomic E-state index is 0.646. The molecule has 1 aliphatic rings. The van der Waals surface area contributed by atoms with Gasteiger partial charge < -0.3 is 9.80 Å². The van der Waals surface area contributed by atoms with Gasteiger partial charge in [-0.1, -0.05) is 30.3 Å². The summed E-state index contributed by atoms with van der Waals surface area (Å²) in [6.45, 7) is 2.22. The Morgan fingerprint density at radius 1 is 1.25 bits per heavy atom. The van der Waals surface area contributed by atoms with Crippen molar-refractivity contribution in [1.82, 2.24) is 9.88 Å². The summed E-state index contributed by atoms with van der Waals surface area (Å²) in [6, 6.07) is 11.1. The quantitative estimate of drug-likeness (QED) is 0.863. The first kappa shape index (κ1) is 13.6. The smallest absolute Gasteiger partial charge is 0.185 e. The number of hydrogen-bond acceptors (Lipinski definition) is 4. The van der Waals surface area contributed by atoms with E-state index >= 15 is 0 Å². The molecule has 1 saturated heterocycles. The van der Waals surface area contributed by atoms with E-state index in [1.54, 1.807) is 11.3 Å². The fraction of sp³-hybridized carbons (Fsp3) is 0.438. The van der Waals surface area contributed by atoms with Crippen molar-refractivity contribution in [2.24, 2.45) is 0 Å². The third-order valence-corrected chi connectivity index (χ3v) is 4.86. The van der Waals surface area contributed by atoms with Gasteiger partial charge in [-0.25, -0.2) is 4.98 Å². The number of hydrogen-bond donors (Lipinski definition) is 0. The summed E-state index contributed by atoms with van der Waals surface area (Å²) in [5.74, 6) is 0. The number of benzene rings is 1. The van der Waals surface area contributed by atoms with Gasteiger partial charge in [0.15, 0.2) is 5.13 Å². The molecule has 1 fully saturated rings. The van der Waals surface area contributed by atoms with Crippen molar-refractivity contribution >= 4 is 16.5 Å². The molecule has 2 aromatic rings. The molecule has 0 aliphatic carbocycles. The van der Waals surface area contributed by atoms with E-state index < -0.39 is 0 Å². The molecule has 3 nitrogen and oxygen atoms in total. The molecule has 0 N–H and O–H groups in total. The van der Waals surface area contributed by atoms with Gasteiger partial charge in [0.25, 0.3) is 0 Å². The molecule has 1 unspecified atom stereocenters. The SMILES string of the molecule is CN(C)C1CCCN(c2nc(-c3ccccc3)cs2)C1. The van der Waals surface area contributed by atoms with Gasteiger partial charge in [-0.2, -0.15) is 0 Å². The van der Waals surface area contributed by atoms with Crippen LogP contribution >= 0.6 is 11.3 Å². The topological polar surface area (TPSA) is 19.4 Å². The number of rotatable bonds is 3. The molecular weight excluding hydrogens is 266 g/mol. The van der Waals surface area contributed by atoms with Crippen molar-refractivity contribution in [2.45, 2.75) is 18.9 Å². The van der Waals surface area contributed by atoms with Crippen molar-refractivity contribution in [3.8, 4) is 11.3 Å². The molecule has 1 aromatic carbocycles. The Labute approximate surface area is 124 Å². The highest BCUT2D eigenvalue weighted by Crippen LogP contribution is 2.29. The molecule has 0 bridgehead atoms. The Morgan fingerprint density at radius 3 is 2.80 bits per heavy atom. The van der Waals surface area contributed by atoms with Gasteiger partial charge in [-0.05, 0) is 26.9 Å². The standard InChI is InChI=1S/C16H21N3S/c1-18(2)14-9-6-10-19(11-14)16-17-15(12-20-16)13-7-4-3-5-8-13/h3-5,7-8,12,14H,6,9-11H2,1-2H3. The highest BCUT2D eigenvalue weighted by molar-refractivity contribution is 7.14. The second-order valence-electron chi connectivity index (χ2n) is 5.59. The molecule has 1 aromatic heterocycles. The van der Waals surface area contributed by atoms with Gasteiger partial charge in [-0.15, -0.1) is 11.3 Å². The molecule has 0 saturated carbocycles. The third kappa shape index (κ3) is 2.86. The van der Waals surface area contributed by atoms with E-state index in [9.17, 15) is 0 Å². The van der Waals surface area contributed by atoms with Gasteiger partial charge >= 0.3 is 0 Å². The number of nitrogens with zero attached hydrogens (tertiary/aromatic N) is 3. The maximum Gasteiger partial charge on any atom is 0.185 e. The van der Waals surface area contributed by atoms with E-state index in [2.05, 4.69) is 53.5 Å². The molecule has 4 heteroatoms. The van der Waals surface area contributed by atoms with Gasteiger partial charge in [0.2, 0.25) is 0 Å². The Hall–Kier alpha value is -1.39. The fourth-order valence-electron chi connectivity index (χ4n) is 2.70. The zero-order valence-electron chi connectivity index (χ0n) is 12.1. The van der Waals surface area contributed by atoms with Crippen LogP contribution in [0.3, 0.4) is 0 Å². The van der Waals surface area contributed by atoms with Crippen molar-refractivity contribution in [3.63, 3.8) is 0 Å². The molecule has 0 radical (unpaired) electrons. The first-order chi connectivity index (χ1) is 9.74. The van der Waals surface area contributed by atoms with Gasteiger partial charge in [0.1, 0.15) is 0 Å². The van der Waals surface area contributed by atoms with E-state index in [1.807, 2.05) is 6.07 Å². The average molecular weight is 287 g/mol. The lowest BCUT2D eigenvalue weighted by Gasteiger charge is -2.35. The predicted molar refractivity (Wildman–Crippen MR) is 86.5 cm³/mol. The lowest BCUT2D eigenvalue weighted by molar-refractivity contribution is 0.258. The Balaban J connectivity index is 1.77. The number of anilines is 1. The van der Waals surface area contributed by atoms with E-state index in [4.69, 9.17) is 4.98 Å². The molecule has 3 rings (SSSR count). The Morgan fingerprint density at radius 2 is 2.05 bits per heavy atom. The van der Waals surface area contributed by atoms with Crippen LogP contribution in [0, 0.1) is 0 Å². The Kier molecular flexibility index (Phi) is 4.03. The van der Waals surface area contributed by atoms with E-state index in [0.717, 1.165) is 23.9 Å². The van der Waals surface area contributed by atoms with Crippen LogP contribution in [-0.2, 0) is 0 Å². The van der Waals surface area contributed by atoms with Gasteiger partial charge in [0, 0.05) is 30.1 Å². The van der Waals surface area contributed by atoms with Crippen LogP contribution < -0.4 is 4.90 Å². The second-order valence-corrected chi connectivity index (χ2v) is 6.42. The van der Waals surface area contributed by atoms with Crippen LogP contribution in [0.25, 0.3) is 11.3 Å². The van der Waals surface area contributed by atoms with Crippen molar-refractivity contribution in [1.29, 1.82) is 0 Å². The number of piperidine rings is 1. The van der Waals surface area contributed by atoms with Crippen LogP contribution in [-0.4, -0.2) is 43.1 Å². The van der Waals surface area contributed by atoms with Crippen molar-refractivity contribution < 1.29 is 0 Å². The van der Waals surface area contributed by atoms with Crippen LogP contribution in [0.4, 0.5) is 5.13 Å². The van der Waals surface area contributed by atoms with Crippen LogP contribution in [0.1, 0.15) is 12.8 Å². The Bertz CT molecular complexity index is 550. The first-order valence-corrected chi connectivity index (χ1v) is 8.04. The molecule has 1 aliphatic heterocycles. The maximum atomic E-state index is 4.82. The molecule has 1 atom stereocenters. The molecular formula is C16H21N3S. The van der Waals surface area contributed by atoms with E-state index in [0.29, 0.717) is 6.04 Å². The number of aromatic nitrogens is 1. The molecule has 0 spiro atoms. The highest BCUT2D eigenvalue weighted by Gasteiger charge is 2.23. The molecule has 106 valence electrons. The lowest BCUT2D eigenvalue weighted by atomic mass is 10.1. The third-order valence-electron chi connectivity index (χ3n) is 3.96. The molecule has 0 amide bonds. The predicted octanol–water partition coefficient (Wildman–Crippen LogP) is 3.34. The normalized spacial score (nSPS) is 19.6. The summed E-state index contributed by atoms with van der Waals surface area (Å²) >= 11 is 1.76. The summed E-state index contributed by atoms with van der Waals surface area (Å²) in [7, 11) is 4.34. The monoisotopic (exact) mass is 287 g/mol. The summed E-state index contributed by atoms with van der Waals surface area (Å²) in [4.78, 5) is 9.59. The van der Waals surface area contributed by atoms with Gasteiger partial charge in [0.05, 0.1) is 5.69 Å². The van der Waals surface area contributed by atoms with E-state index in [-0.39, 0.29) is 0 Å². The van der Waals surface area contributed by atoms with E-state index in [1.165, 1.54) is 18.4 Å². The summed E-state index contributed by atoms with van der Waals surface area (Å²) < 4.78 is 0. The van der Waals surface area contributed by atoms with Crippen LogP contribution in [0.5, 0.6) is 0 Å². The zero-order chi connectivity index (χ0) is 13.9. The second kappa shape index (κ2) is 5.94. The number of thiazole rings is 1. The van der Waals surface area contributed by atoms with Crippen LogP contribution in [0.15, 0.2) is 35.7 Å². The maximum absolute atomic E-state index is 4.82. The lowest BCUT2D eigenvalue weighted by Crippen LogP contribution is -2.45. The molecule has 2 heterocycles. The molecule has 20 heavy (non-hydrogen) atoms. The largest absolute Gasteiger partial charge is 0.347 e. The van der Waals surface area contributed by atoms with Gasteiger partial charge in [-0.3, -0.25) is 0 Å². The summed E-state index contributed by atoms with van der Waals surface area (Å²) in [5.41, 5.74) is 2.30.